The fourth-order valence-electron chi connectivity index (χ4n) is 2.06. The summed E-state index contributed by atoms with van der Waals surface area (Å²) in [5, 5.41) is 2.83. The van der Waals surface area contributed by atoms with E-state index in [1.54, 1.807) is 36.0 Å². The number of sulfonamides is 1. The molecule has 0 bridgehead atoms. The fraction of sp³-hybridized carbons (Fsp3) is 0.588. The van der Waals surface area contributed by atoms with Crippen molar-refractivity contribution in [2.75, 3.05) is 18.6 Å². The van der Waals surface area contributed by atoms with Gasteiger partial charge in [-0.05, 0) is 49.8 Å². The van der Waals surface area contributed by atoms with E-state index in [1.807, 2.05) is 13.2 Å². The van der Waals surface area contributed by atoms with Gasteiger partial charge in [0.15, 0.2) is 0 Å². The van der Waals surface area contributed by atoms with E-state index in [-0.39, 0.29) is 10.8 Å². The second kappa shape index (κ2) is 10.1. The van der Waals surface area contributed by atoms with Crippen LogP contribution in [-0.4, -0.2) is 38.9 Å². The van der Waals surface area contributed by atoms with Crippen molar-refractivity contribution in [3.8, 4) is 0 Å². The van der Waals surface area contributed by atoms with Crippen molar-refractivity contribution in [2.24, 2.45) is 5.92 Å². The highest BCUT2D eigenvalue weighted by Crippen LogP contribution is 2.12. The molecule has 0 heterocycles. The van der Waals surface area contributed by atoms with Gasteiger partial charge in [0, 0.05) is 6.54 Å². The van der Waals surface area contributed by atoms with Gasteiger partial charge in [0.2, 0.25) is 15.9 Å². The van der Waals surface area contributed by atoms with Crippen LogP contribution in [0.1, 0.15) is 32.3 Å². The lowest BCUT2D eigenvalue weighted by Crippen LogP contribution is -2.47. The third-order valence-electron chi connectivity index (χ3n) is 3.58. The lowest BCUT2D eigenvalue weighted by atomic mass is 10.1. The lowest BCUT2D eigenvalue weighted by molar-refractivity contribution is -0.122. The van der Waals surface area contributed by atoms with E-state index in [9.17, 15) is 13.2 Å². The number of rotatable bonds is 10. The number of nitrogens with one attached hydrogen (secondary N) is 2. The van der Waals surface area contributed by atoms with Gasteiger partial charge < -0.3 is 5.32 Å². The van der Waals surface area contributed by atoms with E-state index >= 15 is 0 Å². The number of amides is 1. The van der Waals surface area contributed by atoms with E-state index in [2.05, 4.69) is 23.9 Å². The van der Waals surface area contributed by atoms with Gasteiger partial charge in [-0.25, -0.2) is 8.42 Å². The predicted octanol–water partition coefficient (Wildman–Crippen LogP) is 2.56. The van der Waals surface area contributed by atoms with Crippen LogP contribution in [-0.2, 0) is 14.8 Å². The maximum atomic E-state index is 12.5. The van der Waals surface area contributed by atoms with Crippen LogP contribution in [0.5, 0.6) is 0 Å². The summed E-state index contributed by atoms with van der Waals surface area (Å²) in [5.74, 6) is 0.929. The van der Waals surface area contributed by atoms with Gasteiger partial charge in [0.1, 0.15) is 6.04 Å². The van der Waals surface area contributed by atoms with Crippen LogP contribution in [0.25, 0.3) is 0 Å². The van der Waals surface area contributed by atoms with Gasteiger partial charge in [0.25, 0.3) is 0 Å². The molecule has 136 valence electrons. The molecule has 0 aliphatic carbocycles. The molecule has 5 nitrogen and oxygen atoms in total. The van der Waals surface area contributed by atoms with Crippen LogP contribution in [0.4, 0.5) is 0 Å². The highest BCUT2D eigenvalue weighted by atomic mass is 32.2. The van der Waals surface area contributed by atoms with Crippen LogP contribution < -0.4 is 10.0 Å². The second-order valence-electron chi connectivity index (χ2n) is 6.24. The Kier molecular flexibility index (Phi) is 8.80. The molecule has 1 aromatic carbocycles. The zero-order chi connectivity index (χ0) is 18.2. The highest BCUT2D eigenvalue weighted by molar-refractivity contribution is 7.98. The Labute approximate surface area is 150 Å². The molecule has 1 atom stereocenters. The van der Waals surface area contributed by atoms with E-state index < -0.39 is 16.1 Å². The topological polar surface area (TPSA) is 75.3 Å². The molecule has 2 N–H and O–H groups in total. The fourth-order valence-corrected chi connectivity index (χ4v) is 3.76. The van der Waals surface area contributed by atoms with Crippen molar-refractivity contribution in [3.05, 3.63) is 29.8 Å². The van der Waals surface area contributed by atoms with Gasteiger partial charge in [0.05, 0.1) is 4.90 Å². The molecular weight excluding hydrogens is 344 g/mol. The molecule has 1 amide bonds. The molecule has 1 unspecified atom stereocenters. The summed E-state index contributed by atoms with van der Waals surface area (Å²) < 4.78 is 27.6. The van der Waals surface area contributed by atoms with Crippen LogP contribution in [0, 0.1) is 12.8 Å². The first-order chi connectivity index (χ1) is 11.3. The number of aryl methyl sites for hydroxylation is 1. The average molecular weight is 373 g/mol. The number of benzene rings is 1. The Morgan fingerprint density at radius 3 is 2.33 bits per heavy atom. The van der Waals surface area contributed by atoms with E-state index in [0.717, 1.165) is 12.0 Å². The average Bonchev–Trinajstić information content (AvgIpc) is 2.51. The Balaban J connectivity index is 2.80. The minimum absolute atomic E-state index is 0.178. The monoisotopic (exact) mass is 372 g/mol. The predicted molar refractivity (Wildman–Crippen MR) is 101 cm³/mol. The molecule has 0 aliphatic heterocycles. The summed E-state index contributed by atoms with van der Waals surface area (Å²) in [5.41, 5.74) is 0.985. The molecule has 0 radical (unpaired) electrons. The first kappa shape index (κ1) is 21.0. The van der Waals surface area contributed by atoms with Crippen LogP contribution in [0.3, 0.4) is 0 Å². The molecule has 1 rings (SSSR count). The lowest BCUT2D eigenvalue weighted by Gasteiger charge is -2.18. The van der Waals surface area contributed by atoms with Gasteiger partial charge in [-0.3, -0.25) is 4.79 Å². The Hall–Kier alpha value is -1.05. The molecule has 0 spiro atoms. The molecular formula is C17H28N2O3S2. The molecule has 7 heteroatoms. The first-order valence-corrected chi connectivity index (χ1v) is 11.0. The van der Waals surface area contributed by atoms with Crippen molar-refractivity contribution in [1.29, 1.82) is 0 Å². The van der Waals surface area contributed by atoms with Crippen LogP contribution >= 0.6 is 11.8 Å². The minimum Gasteiger partial charge on any atom is -0.355 e. The number of thioether (sulfide) groups is 1. The van der Waals surface area contributed by atoms with E-state index in [4.69, 9.17) is 0 Å². The van der Waals surface area contributed by atoms with Crippen molar-refractivity contribution in [2.45, 2.75) is 44.6 Å². The second-order valence-corrected chi connectivity index (χ2v) is 8.94. The number of carbonyl (C=O) groups excluding carboxylic acids is 1. The molecule has 0 fully saturated rings. The smallest absolute Gasteiger partial charge is 0.241 e. The third-order valence-corrected chi connectivity index (χ3v) is 5.71. The summed E-state index contributed by atoms with van der Waals surface area (Å²) >= 11 is 1.59. The Morgan fingerprint density at radius 1 is 1.17 bits per heavy atom. The summed E-state index contributed by atoms with van der Waals surface area (Å²) in [7, 11) is -3.71. The van der Waals surface area contributed by atoms with Crippen molar-refractivity contribution < 1.29 is 13.2 Å². The molecule has 0 aromatic heterocycles. The summed E-state index contributed by atoms with van der Waals surface area (Å²) in [6.07, 6.45) is 3.26. The summed E-state index contributed by atoms with van der Waals surface area (Å²) in [4.78, 5) is 12.5. The summed E-state index contributed by atoms with van der Waals surface area (Å²) in [6, 6.07) is 5.85. The van der Waals surface area contributed by atoms with Crippen LogP contribution in [0.2, 0.25) is 0 Å². The maximum Gasteiger partial charge on any atom is 0.241 e. The Morgan fingerprint density at radius 2 is 1.79 bits per heavy atom. The quantitative estimate of drug-likeness (QED) is 0.662. The highest BCUT2D eigenvalue weighted by Gasteiger charge is 2.25. The number of hydrogen-bond acceptors (Lipinski definition) is 4. The normalized spacial score (nSPS) is 13.0. The molecule has 1 aromatic rings. The molecule has 0 aliphatic rings. The molecule has 0 saturated heterocycles. The molecule has 24 heavy (non-hydrogen) atoms. The first-order valence-electron chi connectivity index (χ1n) is 8.12. The maximum absolute atomic E-state index is 12.5. The summed E-state index contributed by atoms with van der Waals surface area (Å²) in [6.45, 7) is 6.61. The SMILES string of the molecule is CSCCC(NS(=O)(=O)c1ccc(C)cc1)C(=O)NCCC(C)C. The Bertz CT molecular complexity index is 613. The standard InChI is InChI=1S/C17H28N2O3S2/c1-13(2)9-11-18-17(20)16(10-12-23-4)19-24(21,22)15-7-5-14(3)6-8-15/h5-8,13,16,19H,9-12H2,1-4H3,(H,18,20). The number of hydrogen-bond donors (Lipinski definition) is 2. The van der Waals surface area contributed by atoms with Gasteiger partial charge in [-0.1, -0.05) is 31.5 Å². The van der Waals surface area contributed by atoms with Gasteiger partial charge in [-0.2, -0.15) is 16.5 Å². The van der Waals surface area contributed by atoms with E-state index in [1.165, 1.54) is 0 Å². The molecule has 0 saturated carbocycles. The van der Waals surface area contributed by atoms with Gasteiger partial charge >= 0.3 is 0 Å². The van der Waals surface area contributed by atoms with Crippen LogP contribution in [0.15, 0.2) is 29.2 Å². The largest absolute Gasteiger partial charge is 0.355 e. The van der Waals surface area contributed by atoms with Crippen molar-refractivity contribution in [3.63, 3.8) is 0 Å². The number of carbonyl (C=O) groups is 1. The van der Waals surface area contributed by atoms with E-state index in [0.29, 0.717) is 24.6 Å². The zero-order valence-corrected chi connectivity index (χ0v) is 16.5. The van der Waals surface area contributed by atoms with Crippen molar-refractivity contribution in [1.82, 2.24) is 10.0 Å². The third kappa shape index (κ3) is 7.23. The van der Waals surface area contributed by atoms with Gasteiger partial charge in [-0.15, -0.1) is 0 Å². The zero-order valence-electron chi connectivity index (χ0n) is 14.8. The van der Waals surface area contributed by atoms with Crippen molar-refractivity contribution >= 4 is 27.7 Å². The minimum atomic E-state index is -3.71.